The largest absolute Gasteiger partial charge is 0.312 e. The summed E-state index contributed by atoms with van der Waals surface area (Å²) in [6.07, 6.45) is 0.109. The zero-order valence-electron chi connectivity index (χ0n) is 16.4. The van der Waals surface area contributed by atoms with E-state index in [0.29, 0.717) is 32.3 Å². The Hall–Kier alpha value is -2.45. The molecule has 1 amide bonds. The Morgan fingerprint density at radius 2 is 1.97 bits per heavy atom. The van der Waals surface area contributed by atoms with Crippen LogP contribution in [0.3, 0.4) is 0 Å². The van der Waals surface area contributed by atoms with Crippen molar-refractivity contribution in [3.8, 4) is 0 Å². The van der Waals surface area contributed by atoms with Gasteiger partial charge in [-0.2, -0.15) is 4.98 Å². The molecule has 0 saturated heterocycles. The molecular formula is C22H19BrFN3O2S. The first-order valence-corrected chi connectivity index (χ1v) is 11.2. The number of aromatic nitrogens is 2. The topological polar surface area (TPSA) is 64.0 Å². The predicted molar refractivity (Wildman–Crippen MR) is 119 cm³/mol. The first-order chi connectivity index (χ1) is 14.3. The monoisotopic (exact) mass is 487 g/mol. The maximum atomic E-state index is 13.7. The van der Waals surface area contributed by atoms with Gasteiger partial charge < -0.3 is 9.88 Å². The van der Waals surface area contributed by atoms with Crippen molar-refractivity contribution in [2.24, 2.45) is 7.05 Å². The molecule has 0 saturated carbocycles. The van der Waals surface area contributed by atoms with E-state index in [9.17, 15) is 14.0 Å². The van der Waals surface area contributed by atoms with Crippen LogP contribution in [0.15, 0.2) is 56.9 Å². The number of fused-ring (bicyclic) bond motifs is 1. The SMILES string of the molecule is Cc1ccc(CSc2nc(=O)c3c(n2C)NC(=O)C[C@H]3c2ccc(F)c(Br)c2)cc1. The minimum atomic E-state index is -0.479. The first kappa shape index (κ1) is 20.8. The highest BCUT2D eigenvalue weighted by molar-refractivity contribution is 9.10. The molecule has 0 unspecified atom stereocenters. The third-order valence-electron chi connectivity index (χ3n) is 5.14. The summed E-state index contributed by atoms with van der Waals surface area (Å²) in [5.74, 6) is 0.0367. The molecule has 8 heteroatoms. The zero-order chi connectivity index (χ0) is 21.4. The van der Waals surface area contributed by atoms with E-state index < -0.39 is 11.7 Å². The van der Waals surface area contributed by atoms with Gasteiger partial charge in [0.2, 0.25) is 5.91 Å². The molecule has 2 heterocycles. The van der Waals surface area contributed by atoms with E-state index in [0.717, 1.165) is 5.56 Å². The maximum absolute atomic E-state index is 13.7. The Bertz CT molecular complexity index is 1190. The molecule has 1 aromatic heterocycles. The minimum absolute atomic E-state index is 0.109. The van der Waals surface area contributed by atoms with Crippen molar-refractivity contribution >= 4 is 39.4 Å². The van der Waals surface area contributed by atoms with Crippen LogP contribution in [0.25, 0.3) is 0 Å². The van der Waals surface area contributed by atoms with Crippen molar-refractivity contribution in [2.45, 2.75) is 30.2 Å². The van der Waals surface area contributed by atoms with E-state index in [4.69, 9.17) is 0 Å². The molecule has 0 aliphatic carbocycles. The number of halogens is 2. The second kappa shape index (κ2) is 8.35. The highest BCUT2D eigenvalue weighted by Crippen LogP contribution is 2.37. The van der Waals surface area contributed by atoms with Gasteiger partial charge >= 0.3 is 0 Å². The second-order valence-electron chi connectivity index (χ2n) is 7.27. The number of amides is 1. The fourth-order valence-corrected chi connectivity index (χ4v) is 4.83. The number of nitrogens with one attached hydrogen (secondary N) is 1. The number of rotatable bonds is 4. The molecule has 0 spiro atoms. The molecule has 0 radical (unpaired) electrons. The van der Waals surface area contributed by atoms with Gasteiger partial charge in [0.15, 0.2) is 5.16 Å². The number of aryl methyl sites for hydroxylation is 1. The number of carbonyl (C=O) groups is 1. The summed E-state index contributed by atoms with van der Waals surface area (Å²) in [5.41, 5.74) is 3.05. The second-order valence-corrected chi connectivity index (χ2v) is 9.07. The van der Waals surface area contributed by atoms with Crippen LogP contribution in [-0.4, -0.2) is 15.5 Å². The first-order valence-electron chi connectivity index (χ1n) is 9.37. The lowest BCUT2D eigenvalue weighted by Crippen LogP contribution is -2.33. The van der Waals surface area contributed by atoms with Crippen LogP contribution >= 0.6 is 27.7 Å². The van der Waals surface area contributed by atoms with Crippen LogP contribution in [0.5, 0.6) is 0 Å². The number of hydrogen-bond donors (Lipinski definition) is 1. The quantitative estimate of drug-likeness (QED) is 0.425. The molecule has 0 fully saturated rings. The number of hydrogen-bond acceptors (Lipinski definition) is 4. The van der Waals surface area contributed by atoms with Gasteiger partial charge in [0, 0.05) is 25.1 Å². The van der Waals surface area contributed by atoms with Crippen LogP contribution in [0.4, 0.5) is 10.2 Å². The molecule has 1 aliphatic heterocycles. The summed E-state index contributed by atoms with van der Waals surface area (Å²) in [5, 5.41) is 3.35. The molecule has 3 aromatic rings. The predicted octanol–water partition coefficient (Wildman–Crippen LogP) is 4.76. The van der Waals surface area contributed by atoms with Crippen LogP contribution in [0.1, 0.15) is 34.6 Å². The molecule has 4 rings (SSSR count). The van der Waals surface area contributed by atoms with Gasteiger partial charge in [0.05, 0.1) is 10.0 Å². The lowest BCUT2D eigenvalue weighted by atomic mass is 9.87. The average Bonchev–Trinajstić information content (AvgIpc) is 2.72. The molecule has 2 aromatic carbocycles. The van der Waals surface area contributed by atoms with Crippen LogP contribution in [0, 0.1) is 12.7 Å². The van der Waals surface area contributed by atoms with E-state index in [1.807, 2.05) is 31.2 Å². The normalized spacial score (nSPS) is 15.6. The van der Waals surface area contributed by atoms with Gasteiger partial charge in [-0.3, -0.25) is 9.59 Å². The Kier molecular flexibility index (Phi) is 5.79. The van der Waals surface area contributed by atoms with Crippen LogP contribution in [-0.2, 0) is 17.6 Å². The van der Waals surface area contributed by atoms with Gasteiger partial charge in [0.1, 0.15) is 11.6 Å². The van der Waals surface area contributed by atoms with E-state index >= 15 is 0 Å². The van der Waals surface area contributed by atoms with Crippen molar-refractivity contribution in [1.82, 2.24) is 9.55 Å². The average molecular weight is 488 g/mol. The summed E-state index contributed by atoms with van der Waals surface area (Å²) in [4.78, 5) is 29.7. The third-order valence-corrected chi connectivity index (χ3v) is 6.84. The molecule has 154 valence electrons. The lowest BCUT2D eigenvalue weighted by molar-refractivity contribution is -0.116. The molecule has 0 bridgehead atoms. The summed E-state index contributed by atoms with van der Waals surface area (Å²) >= 11 is 4.62. The summed E-state index contributed by atoms with van der Waals surface area (Å²) < 4.78 is 15.7. The van der Waals surface area contributed by atoms with Gasteiger partial charge in [0.25, 0.3) is 5.56 Å². The van der Waals surface area contributed by atoms with Gasteiger partial charge in [-0.15, -0.1) is 0 Å². The molecule has 5 nitrogen and oxygen atoms in total. The van der Waals surface area contributed by atoms with E-state index in [2.05, 4.69) is 26.2 Å². The van der Waals surface area contributed by atoms with Crippen molar-refractivity contribution < 1.29 is 9.18 Å². The standard InChI is InChI=1S/C22H19BrFN3O2S/c1-12-3-5-13(6-4-12)11-30-22-26-21(29)19-15(10-18(28)25-20(19)27(22)2)14-7-8-17(24)16(23)9-14/h3-9,15H,10-11H2,1-2H3,(H,25,28)/t15-/m0/s1. The summed E-state index contributed by atoms with van der Waals surface area (Å²) in [6.45, 7) is 2.03. The van der Waals surface area contributed by atoms with Gasteiger partial charge in [-0.1, -0.05) is 47.7 Å². The number of thioether (sulfide) groups is 1. The fraction of sp³-hybridized carbons (Fsp3) is 0.227. The highest BCUT2D eigenvalue weighted by atomic mass is 79.9. The molecule has 1 N–H and O–H groups in total. The van der Waals surface area contributed by atoms with Gasteiger partial charge in [-0.05, 0) is 46.1 Å². The van der Waals surface area contributed by atoms with Crippen LogP contribution < -0.4 is 10.9 Å². The molecule has 1 atom stereocenters. The van der Waals surface area contributed by atoms with Crippen molar-refractivity contribution in [1.29, 1.82) is 0 Å². The van der Waals surface area contributed by atoms with Crippen molar-refractivity contribution in [2.75, 3.05) is 5.32 Å². The van der Waals surface area contributed by atoms with E-state index in [1.165, 1.54) is 23.4 Å². The molecular weight excluding hydrogens is 469 g/mol. The molecule has 1 aliphatic rings. The van der Waals surface area contributed by atoms with Crippen molar-refractivity contribution in [3.63, 3.8) is 0 Å². The number of carbonyl (C=O) groups excluding carboxylic acids is 1. The maximum Gasteiger partial charge on any atom is 0.279 e. The Labute approximate surface area is 185 Å². The lowest BCUT2D eigenvalue weighted by Gasteiger charge is -2.27. The number of benzene rings is 2. The zero-order valence-corrected chi connectivity index (χ0v) is 18.8. The highest BCUT2D eigenvalue weighted by Gasteiger charge is 2.32. The smallest absolute Gasteiger partial charge is 0.279 e. The number of nitrogens with zero attached hydrogens (tertiary/aromatic N) is 2. The van der Waals surface area contributed by atoms with E-state index in [-0.39, 0.29) is 17.9 Å². The molecule has 30 heavy (non-hydrogen) atoms. The van der Waals surface area contributed by atoms with Crippen molar-refractivity contribution in [3.05, 3.63) is 85.4 Å². The summed E-state index contributed by atoms with van der Waals surface area (Å²) in [7, 11) is 1.78. The third kappa shape index (κ3) is 4.06. The van der Waals surface area contributed by atoms with Gasteiger partial charge in [-0.25, -0.2) is 4.39 Å². The minimum Gasteiger partial charge on any atom is -0.312 e. The number of anilines is 1. The van der Waals surface area contributed by atoms with E-state index in [1.54, 1.807) is 23.7 Å². The summed E-state index contributed by atoms with van der Waals surface area (Å²) in [6, 6.07) is 12.7. The Morgan fingerprint density at radius 1 is 1.23 bits per heavy atom. The Balaban J connectivity index is 1.71. The Morgan fingerprint density at radius 3 is 2.67 bits per heavy atom. The fourth-order valence-electron chi connectivity index (χ4n) is 3.51. The van der Waals surface area contributed by atoms with Crippen LogP contribution in [0.2, 0.25) is 0 Å².